The normalized spacial score (nSPS) is 16.0. The smallest absolute Gasteiger partial charge is 0.257 e. The number of carbonyl (C=O) groups is 2. The highest BCUT2D eigenvalue weighted by Crippen LogP contribution is 2.31. The van der Waals surface area contributed by atoms with Gasteiger partial charge >= 0.3 is 0 Å². The molecule has 7 nitrogen and oxygen atoms in total. The van der Waals surface area contributed by atoms with Crippen LogP contribution in [-0.4, -0.2) is 41.5 Å². The summed E-state index contributed by atoms with van der Waals surface area (Å²) >= 11 is 0. The number of hydrogen-bond donors (Lipinski definition) is 2. The van der Waals surface area contributed by atoms with E-state index < -0.39 is 0 Å². The topological polar surface area (TPSA) is 91.6 Å². The summed E-state index contributed by atoms with van der Waals surface area (Å²) in [6.07, 6.45) is 8.99. The van der Waals surface area contributed by atoms with Crippen LogP contribution in [0.1, 0.15) is 40.0 Å². The molecule has 1 aliphatic heterocycles. The highest BCUT2D eigenvalue weighted by Gasteiger charge is 2.23. The van der Waals surface area contributed by atoms with Crippen molar-refractivity contribution in [3.05, 3.63) is 66.0 Å². The number of nitrogens with zero attached hydrogens (tertiary/aromatic N) is 3. The van der Waals surface area contributed by atoms with Gasteiger partial charge in [0, 0.05) is 31.2 Å². The average molecular weight is 391 g/mol. The molecule has 0 bridgehead atoms. The molecule has 2 amide bonds. The van der Waals surface area contributed by atoms with Crippen LogP contribution >= 0.6 is 0 Å². The number of anilines is 2. The second kappa shape index (κ2) is 8.34. The van der Waals surface area contributed by atoms with E-state index in [1.807, 2.05) is 23.2 Å². The van der Waals surface area contributed by atoms with Crippen molar-refractivity contribution in [1.82, 2.24) is 15.2 Å². The molecule has 0 radical (unpaired) electrons. The molecular formula is C22H25N5O2. The Kier molecular flexibility index (Phi) is 5.46. The zero-order chi connectivity index (χ0) is 20.2. The fraction of sp³-hybridized carbons (Fsp3) is 0.318. The van der Waals surface area contributed by atoms with Gasteiger partial charge in [-0.2, -0.15) is 0 Å². The molecule has 0 unspecified atom stereocenters. The van der Waals surface area contributed by atoms with Crippen molar-refractivity contribution in [2.75, 3.05) is 30.4 Å². The Hall–Kier alpha value is -3.35. The Labute approximate surface area is 170 Å². The van der Waals surface area contributed by atoms with Gasteiger partial charge in [0.05, 0.1) is 17.8 Å². The first-order valence-electron chi connectivity index (χ1n) is 9.93. The van der Waals surface area contributed by atoms with Gasteiger partial charge in [0.2, 0.25) is 0 Å². The first kappa shape index (κ1) is 19.0. The largest absolute Gasteiger partial charge is 0.398 e. The van der Waals surface area contributed by atoms with E-state index in [9.17, 15) is 9.59 Å². The van der Waals surface area contributed by atoms with Crippen LogP contribution < -0.4 is 16.0 Å². The van der Waals surface area contributed by atoms with E-state index in [1.165, 1.54) is 12.8 Å². The summed E-state index contributed by atoms with van der Waals surface area (Å²) in [6.45, 7) is 1.58. The number of pyridine rings is 1. The minimum absolute atomic E-state index is 0.102. The Balaban J connectivity index is 1.38. The zero-order valence-electron chi connectivity index (χ0n) is 16.3. The van der Waals surface area contributed by atoms with Crippen LogP contribution in [0, 0.1) is 5.92 Å². The predicted molar refractivity (Wildman–Crippen MR) is 112 cm³/mol. The second-order valence-electron chi connectivity index (χ2n) is 7.50. The van der Waals surface area contributed by atoms with Crippen molar-refractivity contribution in [2.45, 2.75) is 19.3 Å². The minimum atomic E-state index is -0.121. The summed E-state index contributed by atoms with van der Waals surface area (Å²) in [5.41, 5.74) is 7.44. The Morgan fingerprint density at radius 3 is 2.72 bits per heavy atom. The lowest BCUT2D eigenvalue weighted by molar-refractivity contribution is 0.0772. The maximum absolute atomic E-state index is 12.8. The lowest BCUT2D eigenvalue weighted by Gasteiger charge is -2.32. The lowest BCUT2D eigenvalue weighted by atomic mass is 10.1. The van der Waals surface area contributed by atoms with Gasteiger partial charge in [-0.15, -0.1) is 0 Å². The van der Waals surface area contributed by atoms with E-state index >= 15 is 0 Å². The van der Waals surface area contributed by atoms with Gasteiger partial charge in [-0.3, -0.25) is 9.59 Å². The predicted octanol–water partition coefficient (Wildman–Crippen LogP) is 2.63. The lowest BCUT2D eigenvalue weighted by Crippen LogP contribution is -2.43. The minimum Gasteiger partial charge on any atom is -0.398 e. The summed E-state index contributed by atoms with van der Waals surface area (Å²) in [4.78, 5) is 33.0. The van der Waals surface area contributed by atoms with Gasteiger partial charge in [0.15, 0.2) is 0 Å². The van der Waals surface area contributed by atoms with Crippen LogP contribution in [0.3, 0.4) is 0 Å². The number of amides is 2. The molecule has 1 saturated carbocycles. The monoisotopic (exact) mass is 391 g/mol. The molecule has 0 spiro atoms. The molecular weight excluding hydrogens is 366 g/mol. The quantitative estimate of drug-likeness (QED) is 0.739. The van der Waals surface area contributed by atoms with Gasteiger partial charge in [0.1, 0.15) is 5.82 Å². The van der Waals surface area contributed by atoms with Gasteiger partial charge in [-0.1, -0.05) is 25.0 Å². The van der Waals surface area contributed by atoms with Gasteiger partial charge in [0.25, 0.3) is 11.8 Å². The van der Waals surface area contributed by atoms with E-state index in [0.29, 0.717) is 42.4 Å². The highest BCUT2D eigenvalue weighted by molar-refractivity contribution is 5.99. The molecule has 3 N–H and O–H groups in total. The fourth-order valence-corrected chi connectivity index (χ4v) is 3.34. The molecule has 29 heavy (non-hydrogen) atoms. The number of aromatic nitrogens is 1. The number of nitrogen functional groups attached to an aromatic ring is 1. The molecule has 0 saturated heterocycles. The first-order valence-corrected chi connectivity index (χ1v) is 9.93. The van der Waals surface area contributed by atoms with E-state index in [-0.39, 0.29) is 11.8 Å². The van der Waals surface area contributed by atoms with E-state index in [2.05, 4.69) is 10.3 Å². The summed E-state index contributed by atoms with van der Waals surface area (Å²) in [5, 5.41) is 2.94. The number of hydrogen-bond acceptors (Lipinski definition) is 5. The molecule has 4 rings (SSSR count). The number of nitrogens with one attached hydrogen (secondary N) is 1. The molecule has 0 atom stereocenters. The summed E-state index contributed by atoms with van der Waals surface area (Å²) < 4.78 is 0. The van der Waals surface area contributed by atoms with Crippen molar-refractivity contribution in [3.63, 3.8) is 0 Å². The average Bonchev–Trinajstić information content (AvgIpc) is 3.58. The maximum Gasteiger partial charge on any atom is 0.257 e. The van der Waals surface area contributed by atoms with Crippen molar-refractivity contribution >= 4 is 23.3 Å². The van der Waals surface area contributed by atoms with E-state index in [1.54, 1.807) is 41.4 Å². The SMILES string of the molecule is Nc1ccccc1C(=O)N1CC=CN(c2ccc(C(=O)NCCC3CC3)cn2)C1. The molecule has 1 aromatic heterocycles. The molecule has 7 heteroatoms. The maximum atomic E-state index is 12.8. The van der Waals surface area contributed by atoms with Crippen LogP contribution in [0.25, 0.3) is 0 Å². The molecule has 2 aromatic rings. The second-order valence-corrected chi connectivity index (χ2v) is 7.50. The number of rotatable bonds is 6. The number of carbonyl (C=O) groups excluding carboxylic acids is 2. The number of nitrogens with two attached hydrogens (primary N) is 1. The molecule has 150 valence electrons. The Morgan fingerprint density at radius 1 is 1.17 bits per heavy atom. The first-order chi connectivity index (χ1) is 14.1. The van der Waals surface area contributed by atoms with Gasteiger partial charge in [-0.25, -0.2) is 4.98 Å². The molecule has 1 aliphatic carbocycles. The Morgan fingerprint density at radius 2 is 2.00 bits per heavy atom. The number of para-hydroxylation sites is 1. The van der Waals surface area contributed by atoms with Crippen LogP contribution in [0.2, 0.25) is 0 Å². The van der Waals surface area contributed by atoms with Crippen LogP contribution in [-0.2, 0) is 0 Å². The summed E-state index contributed by atoms with van der Waals surface area (Å²) in [6, 6.07) is 10.6. The van der Waals surface area contributed by atoms with Crippen molar-refractivity contribution < 1.29 is 9.59 Å². The third-order valence-electron chi connectivity index (χ3n) is 5.25. The Bertz CT molecular complexity index is 921. The van der Waals surface area contributed by atoms with Crippen molar-refractivity contribution in [1.29, 1.82) is 0 Å². The molecule has 1 aromatic carbocycles. The summed E-state index contributed by atoms with van der Waals surface area (Å²) in [5.74, 6) is 1.24. The molecule has 1 fully saturated rings. The molecule has 2 heterocycles. The van der Waals surface area contributed by atoms with Crippen molar-refractivity contribution in [3.8, 4) is 0 Å². The fourth-order valence-electron chi connectivity index (χ4n) is 3.34. The third-order valence-corrected chi connectivity index (χ3v) is 5.25. The van der Waals surface area contributed by atoms with Crippen LogP contribution in [0.4, 0.5) is 11.5 Å². The zero-order valence-corrected chi connectivity index (χ0v) is 16.3. The summed E-state index contributed by atoms with van der Waals surface area (Å²) in [7, 11) is 0. The standard InChI is InChI=1S/C22H25N5O2/c23-19-5-2-1-4-18(19)22(29)27-13-3-12-26(15-27)20-9-8-17(14-25-20)21(28)24-11-10-16-6-7-16/h1-5,8-9,12,14,16H,6-7,10-11,13,15,23H2,(H,24,28). The van der Waals surface area contributed by atoms with Crippen LogP contribution in [0.5, 0.6) is 0 Å². The van der Waals surface area contributed by atoms with E-state index in [4.69, 9.17) is 5.73 Å². The third kappa shape index (κ3) is 4.56. The van der Waals surface area contributed by atoms with Crippen molar-refractivity contribution in [2.24, 2.45) is 5.92 Å². The van der Waals surface area contributed by atoms with Gasteiger partial charge < -0.3 is 20.9 Å². The highest BCUT2D eigenvalue weighted by atomic mass is 16.2. The van der Waals surface area contributed by atoms with Gasteiger partial charge in [-0.05, 0) is 42.7 Å². The molecule has 2 aliphatic rings. The number of benzene rings is 1. The van der Waals surface area contributed by atoms with Crippen LogP contribution in [0.15, 0.2) is 54.9 Å². The van der Waals surface area contributed by atoms with E-state index in [0.717, 1.165) is 12.3 Å².